The minimum absolute atomic E-state index is 0.184. The van der Waals surface area contributed by atoms with Gasteiger partial charge in [-0.2, -0.15) is 5.10 Å². The summed E-state index contributed by atoms with van der Waals surface area (Å²) in [6.45, 7) is 4.56. The van der Waals surface area contributed by atoms with E-state index >= 15 is 0 Å². The molecule has 0 saturated heterocycles. The summed E-state index contributed by atoms with van der Waals surface area (Å²) in [5, 5.41) is 8.47. The Morgan fingerprint density at radius 1 is 1.18 bits per heavy atom. The average Bonchev–Trinajstić information content (AvgIpc) is 3.46. The molecule has 1 aromatic carbocycles. The number of carbonyl (C=O) groups is 2. The lowest BCUT2D eigenvalue weighted by Gasteiger charge is -2.26. The second-order valence-electron chi connectivity index (χ2n) is 9.88. The first-order chi connectivity index (χ1) is 16.3. The van der Waals surface area contributed by atoms with Gasteiger partial charge in [-0.1, -0.05) is 18.9 Å². The number of fused-ring (bicyclic) bond motifs is 1. The van der Waals surface area contributed by atoms with Crippen LogP contribution in [-0.2, 0) is 4.79 Å². The van der Waals surface area contributed by atoms with Gasteiger partial charge in [-0.25, -0.2) is 4.99 Å². The molecule has 182 valence electrons. The Morgan fingerprint density at radius 3 is 2.68 bits per heavy atom. The molecule has 1 aliphatic carbocycles. The van der Waals surface area contributed by atoms with Crippen molar-refractivity contribution in [1.82, 2.24) is 24.9 Å². The normalized spacial score (nSPS) is 19.2. The number of amides is 2. The topological polar surface area (TPSA) is 82.8 Å². The van der Waals surface area contributed by atoms with Gasteiger partial charge in [-0.15, -0.1) is 0 Å². The van der Waals surface area contributed by atoms with Crippen molar-refractivity contribution in [3.05, 3.63) is 41.6 Å². The maximum Gasteiger partial charge on any atom is 0.254 e. The lowest BCUT2D eigenvalue weighted by molar-refractivity contribution is -0.120. The van der Waals surface area contributed by atoms with E-state index in [1.54, 1.807) is 6.20 Å². The van der Waals surface area contributed by atoms with E-state index in [4.69, 9.17) is 0 Å². The van der Waals surface area contributed by atoms with E-state index in [9.17, 15) is 9.59 Å². The van der Waals surface area contributed by atoms with Gasteiger partial charge in [0.25, 0.3) is 11.8 Å². The van der Waals surface area contributed by atoms with E-state index in [0.29, 0.717) is 23.9 Å². The van der Waals surface area contributed by atoms with Crippen molar-refractivity contribution >= 4 is 28.4 Å². The molecule has 1 saturated carbocycles. The highest BCUT2D eigenvalue weighted by Crippen LogP contribution is 2.32. The lowest BCUT2D eigenvalue weighted by Crippen LogP contribution is -2.39. The SMILES string of the molecule is CC1=NC(=O)C(CNC(=O)c2cccc3c2cnn3C2CCCC2)C(CN(C)CCN(C)C)=C1. The van der Waals surface area contributed by atoms with E-state index in [1.807, 2.05) is 52.3 Å². The third-order valence-electron chi connectivity index (χ3n) is 6.83. The molecule has 2 amide bonds. The number of nitrogens with zero attached hydrogens (tertiary/aromatic N) is 5. The number of carbonyl (C=O) groups excluding carboxylic acids is 2. The van der Waals surface area contributed by atoms with E-state index in [0.717, 1.165) is 42.4 Å². The molecule has 1 N–H and O–H groups in total. The van der Waals surface area contributed by atoms with Crippen molar-refractivity contribution in [2.45, 2.75) is 38.6 Å². The van der Waals surface area contributed by atoms with Crippen molar-refractivity contribution in [2.24, 2.45) is 10.9 Å². The molecular weight excluding hydrogens is 428 g/mol. The average molecular weight is 465 g/mol. The zero-order chi connectivity index (χ0) is 24.2. The minimum Gasteiger partial charge on any atom is -0.351 e. The molecule has 34 heavy (non-hydrogen) atoms. The molecule has 2 aromatic rings. The van der Waals surface area contributed by atoms with Crippen LogP contribution in [0.15, 0.2) is 41.0 Å². The Bertz CT molecular complexity index is 1110. The number of rotatable bonds is 9. The van der Waals surface area contributed by atoms with Crippen LogP contribution < -0.4 is 5.32 Å². The molecule has 0 spiro atoms. The summed E-state index contributed by atoms with van der Waals surface area (Å²) >= 11 is 0. The van der Waals surface area contributed by atoms with Gasteiger partial charge in [0, 0.05) is 37.3 Å². The highest BCUT2D eigenvalue weighted by molar-refractivity contribution is 6.07. The Balaban J connectivity index is 1.46. The molecular formula is C26H36N6O2. The number of dihydropyridines is 1. The van der Waals surface area contributed by atoms with Crippen molar-refractivity contribution in [1.29, 1.82) is 0 Å². The first-order valence-corrected chi connectivity index (χ1v) is 12.2. The van der Waals surface area contributed by atoms with E-state index in [-0.39, 0.29) is 18.4 Å². The largest absolute Gasteiger partial charge is 0.351 e. The number of hydrogen-bond acceptors (Lipinski definition) is 5. The van der Waals surface area contributed by atoms with Gasteiger partial charge in [-0.3, -0.25) is 14.3 Å². The number of hydrogen-bond donors (Lipinski definition) is 1. The third kappa shape index (κ3) is 5.45. The van der Waals surface area contributed by atoms with Gasteiger partial charge < -0.3 is 15.1 Å². The Morgan fingerprint density at radius 2 is 1.94 bits per heavy atom. The van der Waals surface area contributed by atoms with Gasteiger partial charge in [0.2, 0.25) is 0 Å². The molecule has 0 radical (unpaired) electrons. The number of likely N-dealkylation sites (N-methyl/N-ethyl adjacent to an activating group) is 2. The first-order valence-electron chi connectivity index (χ1n) is 12.2. The second-order valence-corrected chi connectivity index (χ2v) is 9.88. The summed E-state index contributed by atoms with van der Waals surface area (Å²) in [6, 6.07) is 6.18. The van der Waals surface area contributed by atoms with Gasteiger partial charge >= 0.3 is 0 Å². The fourth-order valence-electron chi connectivity index (χ4n) is 4.95. The molecule has 2 heterocycles. The summed E-state index contributed by atoms with van der Waals surface area (Å²) in [5.74, 6) is -0.825. The molecule has 1 fully saturated rings. The Labute approximate surface area is 201 Å². The molecule has 1 aromatic heterocycles. The fraction of sp³-hybridized carbons (Fsp3) is 0.538. The number of allylic oxidation sites excluding steroid dienone is 1. The molecule has 1 unspecified atom stereocenters. The summed E-state index contributed by atoms with van der Waals surface area (Å²) in [5.41, 5.74) is 3.30. The van der Waals surface area contributed by atoms with Crippen LogP contribution in [0, 0.1) is 5.92 Å². The highest BCUT2D eigenvalue weighted by atomic mass is 16.2. The van der Waals surface area contributed by atoms with Gasteiger partial charge in [-0.05, 0) is 64.7 Å². The van der Waals surface area contributed by atoms with E-state index in [1.165, 1.54) is 12.8 Å². The van der Waals surface area contributed by atoms with Crippen LogP contribution in [-0.4, -0.2) is 84.4 Å². The van der Waals surface area contributed by atoms with Crippen LogP contribution in [0.25, 0.3) is 10.9 Å². The molecule has 8 nitrogen and oxygen atoms in total. The molecule has 1 atom stereocenters. The van der Waals surface area contributed by atoms with E-state index in [2.05, 4.69) is 29.9 Å². The first kappa shape index (κ1) is 24.3. The Hall–Kier alpha value is -2.84. The molecule has 8 heteroatoms. The van der Waals surface area contributed by atoms with Gasteiger partial charge in [0.05, 0.1) is 29.2 Å². The lowest BCUT2D eigenvalue weighted by atomic mass is 9.93. The summed E-state index contributed by atoms with van der Waals surface area (Å²) < 4.78 is 2.08. The quantitative estimate of drug-likeness (QED) is 0.617. The van der Waals surface area contributed by atoms with Crippen LogP contribution in [0.3, 0.4) is 0 Å². The predicted octanol–water partition coefficient (Wildman–Crippen LogP) is 2.92. The monoisotopic (exact) mass is 464 g/mol. The standard InChI is InChI=1S/C26H36N6O2/c1-18-14-19(17-31(4)13-12-30(2)3)22(26(34)29-18)15-27-25(33)21-10-7-11-24-23(21)16-28-32(24)20-8-5-6-9-20/h7,10-11,14,16,20,22H,5-6,8-9,12-13,15,17H2,1-4H3,(H,27,33). The maximum atomic E-state index is 13.2. The summed E-state index contributed by atoms with van der Waals surface area (Å²) in [4.78, 5) is 34.4. The molecule has 1 aliphatic heterocycles. The van der Waals surface area contributed by atoms with Crippen molar-refractivity contribution in [2.75, 3.05) is 47.3 Å². The summed E-state index contributed by atoms with van der Waals surface area (Å²) in [6.07, 6.45) is 8.50. The van der Waals surface area contributed by atoms with Crippen molar-refractivity contribution in [3.8, 4) is 0 Å². The fourth-order valence-corrected chi connectivity index (χ4v) is 4.95. The van der Waals surface area contributed by atoms with Crippen LogP contribution in [0.4, 0.5) is 0 Å². The van der Waals surface area contributed by atoms with Gasteiger partial charge in [0.15, 0.2) is 0 Å². The smallest absolute Gasteiger partial charge is 0.254 e. The predicted molar refractivity (Wildman–Crippen MR) is 135 cm³/mol. The molecule has 2 aliphatic rings. The zero-order valence-corrected chi connectivity index (χ0v) is 20.8. The van der Waals surface area contributed by atoms with Crippen LogP contribution in [0.2, 0.25) is 0 Å². The maximum absolute atomic E-state index is 13.2. The number of benzene rings is 1. The third-order valence-corrected chi connectivity index (χ3v) is 6.83. The van der Waals surface area contributed by atoms with E-state index < -0.39 is 5.92 Å². The minimum atomic E-state index is -0.449. The van der Waals surface area contributed by atoms with Crippen molar-refractivity contribution in [3.63, 3.8) is 0 Å². The van der Waals surface area contributed by atoms with Crippen LogP contribution in [0.1, 0.15) is 49.0 Å². The van der Waals surface area contributed by atoms with Crippen molar-refractivity contribution < 1.29 is 9.59 Å². The number of aliphatic imine (C=N–C) groups is 1. The highest BCUT2D eigenvalue weighted by Gasteiger charge is 2.28. The van der Waals surface area contributed by atoms with Gasteiger partial charge in [0.1, 0.15) is 0 Å². The Kier molecular flexibility index (Phi) is 7.58. The van der Waals surface area contributed by atoms with Crippen LogP contribution >= 0.6 is 0 Å². The number of nitrogens with one attached hydrogen (secondary N) is 1. The molecule has 4 rings (SSSR count). The number of aromatic nitrogens is 2. The zero-order valence-electron chi connectivity index (χ0n) is 20.8. The summed E-state index contributed by atoms with van der Waals surface area (Å²) in [7, 11) is 6.14. The van der Waals surface area contributed by atoms with Crippen LogP contribution in [0.5, 0.6) is 0 Å². The second kappa shape index (κ2) is 10.6. The molecule has 0 bridgehead atoms.